The molecule has 0 heterocycles. The number of hydrogen-bond acceptors (Lipinski definition) is 5. The average Bonchev–Trinajstić information content (AvgIpc) is 2.71. The summed E-state index contributed by atoms with van der Waals surface area (Å²) in [6.45, 7) is 7.86. The fraction of sp³-hybridized carbons (Fsp3) is 0.409. The highest BCUT2D eigenvalue weighted by atomic mass is 16.5. The van der Waals surface area contributed by atoms with E-state index in [-0.39, 0.29) is 6.03 Å². The summed E-state index contributed by atoms with van der Waals surface area (Å²) < 4.78 is 22.0. The Morgan fingerprint density at radius 1 is 0.828 bits per heavy atom. The van der Waals surface area contributed by atoms with Crippen LogP contribution in [-0.2, 0) is 6.42 Å². The van der Waals surface area contributed by atoms with E-state index in [0.717, 1.165) is 5.56 Å². The van der Waals surface area contributed by atoms with Gasteiger partial charge in [-0.2, -0.15) is 0 Å². The van der Waals surface area contributed by atoms with Gasteiger partial charge in [0.05, 0.1) is 26.9 Å². The normalized spacial score (nSPS) is 10.2. The maximum absolute atomic E-state index is 12.2. The quantitative estimate of drug-likeness (QED) is 0.587. The zero-order chi connectivity index (χ0) is 21.1. The van der Waals surface area contributed by atoms with Crippen molar-refractivity contribution in [1.29, 1.82) is 0 Å². The first-order valence-corrected chi connectivity index (χ1v) is 9.85. The average molecular weight is 402 g/mol. The van der Waals surface area contributed by atoms with Gasteiger partial charge < -0.3 is 29.6 Å². The number of anilines is 1. The van der Waals surface area contributed by atoms with Crippen molar-refractivity contribution in [3.8, 4) is 23.0 Å². The Morgan fingerprint density at radius 2 is 1.45 bits per heavy atom. The molecular formula is C22H30N2O5. The van der Waals surface area contributed by atoms with Crippen LogP contribution in [0.1, 0.15) is 26.3 Å². The molecule has 0 aliphatic carbocycles. The van der Waals surface area contributed by atoms with E-state index in [1.807, 2.05) is 39.0 Å². The van der Waals surface area contributed by atoms with Gasteiger partial charge >= 0.3 is 6.03 Å². The van der Waals surface area contributed by atoms with Crippen LogP contribution in [0.3, 0.4) is 0 Å². The fourth-order valence-electron chi connectivity index (χ4n) is 2.77. The van der Waals surface area contributed by atoms with Crippen LogP contribution in [0.25, 0.3) is 0 Å². The molecule has 0 bridgehead atoms. The van der Waals surface area contributed by atoms with Crippen LogP contribution in [0.2, 0.25) is 0 Å². The smallest absolute Gasteiger partial charge is 0.319 e. The van der Waals surface area contributed by atoms with Gasteiger partial charge in [-0.3, -0.25) is 0 Å². The molecule has 7 heteroatoms. The van der Waals surface area contributed by atoms with Crippen molar-refractivity contribution in [2.24, 2.45) is 0 Å². The number of urea groups is 1. The van der Waals surface area contributed by atoms with Crippen LogP contribution < -0.4 is 29.6 Å². The van der Waals surface area contributed by atoms with Crippen molar-refractivity contribution in [2.45, 2.75) is 27.2 Å². The number of amides is 2. The van der Waals surface area contributed by atoms with E-state index in [0.29, 0.717) is 61.5 Å². The molecule has 2 aromatic carbocycles. The van der Waals surface area contributed by atoms with Gasteiger partial charge in [0.25, 0.3) is 0 Å². The lowest BCUT2D eigenvalue weighted by molar-refractivity contribution is 0.252. The first-order chi connectivity index (χ1) is 14.1. The van der Waals surface area contributed by atoms with E-state index in [9.17, 15) is 4.79 Å². The summed E-state index contributed by atoms with van der Waals surface area (Å²) >= 11 is 0. The van der Waals surface area contributed by atoms with Gasteiger partial charge in [-0.05, 0) is 57.0 Å². The minimum Gasteiger partial charge on any atom is -0.493 e. The second-order valence-corrected chi connectivity index (χ2v) is 6.08. The molecule has 0 spiro atoms. The van der Waals surface area contributed by atoms with E-state index in [1.54, 1.807) is 25.3 Å². The maximum Gasteiger partial charge on any atom is 0.319 e. The lowest BCUT2D eigenvalue weighted by Gasteiger charge is -2.14. The maximum atomic E-state index is 12.2. The van der Waals surface area contributed by atoms with Gasteiger partial charge in [-0.25, -0.2) is 4.79 Å². The number of nitrogens with one attached hydrogen (secondary N) is 2. The lowest BCUT2D eigenvalue weighted by atomic mass is 10.1. The second-order valence-electron chi connectivity index (χ2n) is 6.08. The minimum absolute atomic E-state index is 0.283. The Balaban J connectivity index is 1.89. The Hall–Kier alpha value is -3.09. The van der Waals surface area contributed by atoms with E-state index in [4.69, 9.17) is 18.9 Å². The van der Waals surface area contributed by atoms with Gasteiger partial charge in [-0.15, -0.1) is 0 Å². The number of methoxy groups -OCH3 is 1. The van der Waals surface area contributed by atoms with Crippen molar-refractivity contribution in [3.63, 3.8) is 0 Å². The second kappa shape index (κ2) is 11.7. The summed E-state index contributed by atoms with van der Waals surface area (Å²) in [4.78, 5) is 12.2. The van der Waals surface area contributed by atoms with E-state index >= 15 is 0 Å². The Kier molecular flexibility index (Phi) is 8.95. The summed E-state index contributed by atoms with van der Waals surface area (Å²) in [6.07, 6.45) is 0.670. The molecule has 2 N–H and O–H groups in total. The molecule has 2 aromatic rings. The van der Waals surface area contributed by atoms with Crippen molar-refractivity contribution in [2.75, 3.05) is 38.8 Å². The molecule has 0 saturated heterocycles. The van der Waals surface area contributed by atoms with Crippen molar-refractivity contribution in [1.82, 2.24) is 5.32 Å². The van der Waals surface area contributed by atoms with Gasteiger partial charge in [0.15, 0.2) is 23.0 Å². The molecule has 29 heavy (non-hydrogen) atoms. The van der Waals surface area contributed by atoms with Crippen LogP contribution in [0.5, 0.6) is 23.0 Å². The Labute approximate surface area is 172 Å². The van der Waals surface area contributed by atoms with Crippen molar-refractivity contribution in [3.05, 3.63) is 42.0 Å². The monoisotopic (exact) mass is 402 g/mol. The molecule has 7 nitrogen and oxygen atoms in total. The van der Waals surface area contributed by atoms with Crippen LogP contribution >= 0.6 is 0 Å². The zero-order valence-corrected chi connectivity index (χ0v) is 17.5. The van der Waals surface area contributed by atoms with Gasteiger partial charge in [0, 0.05) is 18.3 Å². The summed E-state index contributed by atoms with van der Waals surface area (Å²) in [5.41, 5.74) is 1.68. The molecule has 0 radical (unpaired) electrons. The first-order valence-electron chi connectivity index (χ1n) is 9.85. The summed E-state index contributed by atoms with van der Waals surface area (Å²) in [6, 6.07) is 10.8. The zero-order valence-electron chi connectivity index (χ0n) is 17.5. The molecule has 0 aliphatic rings. The minimum atomic E-state index is -0.283. The van der Waals surface area contributed by atoms with Crippen LogP contribution in [-0.4, -0.2) is 39.5 Å². The van der Waals surface area contributed by atoms with Crippen LogP contribution in [0, 0.1) is 0 Å². The van der Waals surface area contributed by atoms with Crippen molar-refractivity contribution < 1.29 is 23.7 Å². The molecule has 158 valence electrons. The third-order valence-corrected chi connectivity index (χ3v) is 4.03. The highest BCUT2D eigenvalue weighted by molar-refractivity contribution is 5.89. The third kappa shape index (κ3) is 6.78. The van der Waals surface area contributed by atoms with E-state index in [2.05, 4.69) is 10.6 Å². The van der Waals surface area contributed by atoms with Crippen molar-refractivity contribution >= 4 is 11.7 Å². The summed E-state index contributed by atoms with van der Waals surface area (Å²) in [7, 11) is 1.61. The fourth-order valence-corrected chi connectivity index (χ4v) is 2.77. The topological polar surface area (TPSA) is 78.1 Å². The standard InChI is InChI=1S/C22H30N2O5/c1-5-27-18-10-8-16(14-20(18)26-4)12-13-23-22(25)24-17-9-11-19(28-6-2)21(15-17)29-7-3/h8-11,14-15H,5-7,12-13H2,1-4H3,(H2,23,24,25). The molecule has 0 fully saturated rings. The predicted octanol–water partition coefficient (Wildman–Crippen LogP) is 4.26. The number of rotatable bonds is 11. The van der Waals surface area contributed by atoms with Crippen LogP contribution in [0.4, 0.5) is 10.5 Å². The SMILES string of the molecule is CCOc1ccc(CCNC(=O)Nc2ccc(OCC)c(OCC)c2)cc1OC. The number of hydrogen-bond donors (Lipinski definition) is 2. The van der Waals surface area contributed by atoms with Gasteiger partial charge in [-0.1, -0.05) is 6.07 Å². The van der Waals surface area contributed by atoms with E-state index < -0.39 is 0 Å². The van der Waals surface area contributed by atoms with E-state index in [1.165, 1.54) is 0 Å². The molecule has 0 unspecified atom stereocenters. The molecule has 0 saturated carbocycles. The van der Waals surface area contributed by atoms with Crippen LogP contribution in [0.15, 0.2) is 36.4 Å². The largest absolute Gasteiger partial charge is 0.493 e. The molecule has 2 amide bonds. The highest BCUT2D eigenvalue weighted by Gasteiger charge is 2.09. The van der Waals surface area contributed by atoms with Gasteiger partial charge in [0.2, 0.25) is 0 Å². The highest BCUT2D eigenvalue weighted by Crippen LogP contribution is 2.30. The Bertz CT molecular complexity index is 795. The number of benzene rings is 2. The summed E-state index contributed by atoms with van der Waals surface area (Å²) in [5.74, 6) is 2.66. The number of carbonyl (C=O) groups is 1. The third-order valence-electron chi connectivity index (χ3n) is 4.03. The molecule has 0 aromatic heterocycles. The van der Waals surface area contributed by atoms with Gasteiger partial charge in [0.1, 0.15) is 0 Å². The molecule has 0 aliphatic heterocycles. The summed E-state index contributed by atoms with van der Waals surface area (Å²) in [5, 5.41) is 5.67. The Morgan fingerprint density at radius 3 is 2.10 bits per heavy atom. The number of carbonyl (C=O) groups excluding carboxylic acids is 1. The molecule has 2 rings (SSSR count). The number of ether oxygens (including phenoxy) is 4. The molecular weight excluding hydrogens is 372 g/mol. The predicted molar refractivity (Wildman–Crippen MR) is 114 cm³/mol. The molecule has 0 atom stereocenters. The lowest BCUT2D eigenvalue weighted by Crippen LogP contribution is -2.30. The first kappa shape index (κ1) is 22.2.